The minimum absolute atomic E-state index is 0.321. The maximum Gasteiger partial charge on any atom is 0.249 e. The van der Waals surface area contributed by atoms with Crippen LogP contribution in [-0.4, -0.2) is 18.0 Å². The number of hydrogen-bond donors (Lipinski definition) is 2. The van der Waals surface area contributed by atoms with Gasteiger partial charge in [0.05, 0.1) is 16.3 Å². The van der Waals surface area contributed by atoms with Gasteiger partial charge in [0.2, 0.25) is 11.8 Å². The summed E-state index contributed by atoms with van der Waals surface area (Å²) in [6.45, 7) is 4.23. The Morgan fingerprint density at radius 1 is 1.04 bits per heavy atom. The molecule has 26 heavy (non-hydrogen) atoms. The minimum Gasteiger partial charge on any atom is -0.326 e. The van der Waals surface area contributed by atoms with Gasteiger partial charge in [0.15, 0.2) is 0 Å². The lowest BCUT2D eigenvalue weighted by molar-refractivity contribution is -0.126. The molecular formula is C19H19Cl2N3O2. The highest BCUT2D eigenvalue weighted by molar-refractivity contribution is 6.42. The number of nitrogens with one attached hydrogen (secondary N) is 2. The van der Waals surface area contributed by atoms with Gasteiger partial charge in [0.25, 0.3) is 0 Å². The first-order chi connectivity index (χ1) is 12.3. The van der Waals surface area contributed by atoms with E-state index in [1.165, 1.54) is 17.8 Å². The molecule has 2 aromatic rings. The fourth-order valence-electron chi connectivity index (χ4n) is 2.11. The number of hydrogen-bond acceptors (Lipinski definition) is 3. The van der Waals surface area contributed by atoms with E-state index in [0.29, 0.717) is 21.7 Å². The Kier molecular flexibility index (Phi) is 7.18. The highest BCUT2D eigenvalue weighted by Gasteiger charge is 2.10. The lowest BCUT2D eigenvalue weighted by Gasteiger charge is -2.06. The van der Waals surface area contributed by atoms with Gasteiger partial charge in [0.1, 0.15) is 6.42 Å². The molecule has 0 saturated heterocycles. The zero-order valence-corrected chi connectivity index (χ0v) is 15.9. The molecule has 0 unspecified atom stereocenters. The van der Waals surface area contributed by atoms with Gasteiger partial charge in [-0.25, -0.2) is 5.43 Å². The third kappa shape index (κ3) is 6.17. The van der Waals surface area contributed by atoms with Crippen molar-refractivity contribution in [2.45, 2.75) is 26.2 Å². The highest BCUT2D eigenvalue weighted by Crippen LogP contribution is 2.25. The zero-order valence-electron chi connectivity index (χ0n) is 14.4. The number of amides is 2. The number of nitrogens with zero attached hydrogens (tertiary/aromatic N) is 1. The van der Waals surface area contributed by atoms with Crippen molar-refractivity contribution in [3.8, 4) is 0 Å². The minimum atomic E-state index is -0.516. The van der Waals surface area contributed by atoms with Crippen LogP contribution in [0.25, 0.3) is 0 Å². The molecule has 136 valence electrons. The Labute approximate surface area is 162 Å². The molecule has 0 bridgehead atoms. The third-order valence-corrected chi connectivity index (χ3v) is 4.27. The smallest absolute Gasteiger partial charge is 0.249 e. The van der Waals surface area contributed by atoms with Crippen LogP contribution < -0.4 is 10.7 Å². The van der Waals surface area contributed by atoms with Crippen molar-refractivity contribution in [3.63, 3.8) is 0 Å². The molecule has 0 aromatic heterocycles. The van der Waals surface area contributed by atoms with E-state index in [0.717, 1.165) is 5.56 Å². The van der Waals surface area contributed by atoms with Gasteiger partial charge >= 0.3 is 0 Å². The molecule has 2 aromatic carbocycles. The second-order valence-electron chi connectivity index (χ2n) is 5.97. The molecule has 2 rings (SSSR count). The summed E-state index contributed by atoms with van der Waals surface area (Å²) in [4.78, 5) is 23.6. The number of rotatable bonds is 6. The molecule has 0 heterocycles. The molecule has 0 spiro atoms. The lowest BCUT2D eigenvalue weighted by Crippen LogP contribution is -2.24. The summed E-state index contributed by atoms with van der Waals surface area (Å²) in [7, 11) is 0. The molecule has 0 saturated carbocycles. The van der Waals surface area contributed by atoms with Gasteiger partial charge in [0, 0.05) is 5.69 Å². The molecule has 0 aliphatic rings. The van der Waals surface area contributed by atoms with Crippen molar-refractivity contribution < 1.29 is 9.59 Å². The first-order valence-corrected chi connectivity index (χ1v) is 8.77. The van der Waals surface area contributed by atoms with Crippen LogP contribution in [0.5, 0.6) is 0 Å². The topological polar surface area (TPSA) is 70.6 Å². The van der Waals surface area contributed by atoms with E-state index in [-0.39, 0.29) is 6.42 Å². The van der Waals surface area contributed by atoms with Crippen LogP contribution in [0.15, 0.2) is 47.6 Å². The van der Waals surface area contributed by atoms with Crippen LogP contribution in [-0.2, 0) is 9.59 Å². The quantitative estimate of drug-likeness (QED) is 0.429. The molecule has 5 nitrogen and oxygen atoms in total. The van der Waals surface area contributed by atoms with Crippen LogP contribution in [0.3, 0.4) is 0 Å². The zero-order chi connectivity index (χ0) is 19.1. The summed E-state index contributed by atoms with van der Waals surface area (Å²) in [5, 5.41) is 7.14. The predicted molar refractivity (Wildman–Crippen MR) is 106 cm³/mol. The SMILES string of the molecule is CC(C)c1ccc(/C=N\NC(=O)CC(=O)Nc2ccc(Cl)c(Cl)c2)cc1. The fraction of sp³-hybridized carbons (Fsp3) is 0.211. The average molecular weight is 392 g/mol. The summed E-state index contributed by atoms with van der Waals surface area (Å²) >= 11 is 11.7. The van der Waals surface area contributed by atoms with Crippen LogP contribution in [0.1, 0.15) is 37.3 Å². The largest absolute Gasteiger partial charge is 0.326 e. The Hall–Kier alpha value is -2.37. The number of hydrazone groups is 1. The highest BCUT2D eigenvalue weighted by atomic mass is 35.5. The Bertz CT molecular complexity index is 818. The molecule has 0 atom stereocenters. The Morgan fingerprint density at radius 3 is 2.35 bits per heavy atom. The van der Waals surface area contributed by atoms with E-state index in [1.807, 2.05) is 24.3 Å². The van der Waals surface area contributed by atoms with E-state index >= 15 is 0 Å². The van der Waals surface area contributed by atoms with Crippen LogP contribution in [0, 0.1) is 0 Å². The molecule has 7 heteroatoms. The van der Waals surface area contributed by atoms with Crippen molar-refractivity contribution in [3.05, 3.63) is 63.6 Å². The van der Waals surface area contributed by atoms with E-state index in [1.54, 1.807) is 12.1 Å². The van der Waals surface area contributed by atoms with E-state index in [9.17, 15) is 9.59 Å². The van der Waals surface area contributed by atoms with Crippen molar-refractivity contribution >= 4 is 46.9 Å². The van der Waals surface area contributed by atoms with Gasteiger partial charge < -0.3 is 5.32 Å². The van der Waals surface area contributed by atoms with E-state index < -0.39 is 11.8 Å². The summed E-state index contributed by atoms with van der Waals surface area (Å²) < 4.78 is 0. The first kappa shape index (κ1) is 19.9. The summed E-state index contributed by atoms with van der Waals surface area (Å²) in [5.74, 6) is -0.537. The van der Waals surface area contributed by atoms with Crippen molar-refractivity contribution in [2.75, 3.05) is 5.32 Å². The van der Waals surface area contributed by atoms with Crippen molar-refractivity contribution in [1.82, 2.24) is 5.43 Å². The van der Waals surface area contributed by atoms with E-state index in [2.05, 4.69) is 29.7 Å². The third-order valence-electron chi connectivity index (χ3n) is 3.53. The van der Waals surface area contributed by atoms with Gasteiger partial charge in [-0.05, 0) is 35.2 Å². The van der Waals surface area contributed by atoms with Crippen LogP contribution in [0.2, 0.25) is 10.0 Å². The summed E-state index contributed by atoms with van der Waals surface area (Å²) in [6.07, 6.45) is 1.17. The number of anilines is 1. The number of carbonyl (C=O) groups is 2. The number of benzene rings is 2. The first-order valence-electron chi connectivity index (χ1n) is 8.02. The summed E-state index contributed by atoms with van der Waals surface area (Å²) in [5.41, 5.74) is 4.88. The van der Waals surface area contributed by atoms with Gasteiger partial charge in [-0.3, -0.25) is 9.59 Å². The van der Waals surface area contributed by atoms with Crippen LogP contribution >= 0.6 is 23.2 Å². The maximum atomic E-state index is 11.9. The van der Waals surface area contributed by atoms with E-state index in [4.69, 9.17) is 23.2 Å². The second-order valence-corrected chi connectivity index (χ2v) is 6.78. The monoisotopic (exact) mass is 391 g/mol. The fourth-order valence-corrected chi connectivity index (χ4v) is 2.41. The molecular weight excluding hydrogens is 373 g/mol. The normalized spacial score (nSPS) is 11.0. The van der Waals surface area contributed by atoms with Gasteiger partial charge in [-0.15, -0.1) is 0 Å². The standard InChI is InChI=1S/C19H19Cl2N3O2/c1-12(2)14-5-3-13(4-6-14)11-22-24-19(26)10-18(25)23-15-7-8-16(20)17(21)9-15/h3-9,11-12H,10H2,1-2H3,(H,23,25)(H,24,26)/b22-11-. The number of carbonyl (C=O) groups excluding carboxylic acids is 2. The van der Waals surface area contributed by atoms with Crippen LogP contribution in [0.4, 0.5) is 5.69 Å². The molecule has 0 aliphatic carbocycles. The molecule has 2 amide bonds. The van der Waals surface area contributed by atoms with Crippen molar-refractivity contribution in [2.24, 2.45) is 5.10 Å². The molecule has 0 radical (unpaired) electrons. The second kappa shape index (κ2) is 9.36. The van der Waals surface area contributed by atoms with Gasteiger partial charge in [-0.2, -0.15) is 5.10 Å². The Morgan fingerprint density at radius 2 is 1.73 bits per heavy atom. The lowest BCUT2D eigenvalue weighted by atomic mass is 10.0. The average Bonchev–Trinajstić information content (AvgIpc) is 2.58. The Balaban J connectivity index is 1.82. The van der Waals surface area contributed by atoms with Gasteiger partial charge in [-0.1, -0.05) is 61.3 Å². The molecule has 2 N–H and O–H groups in total. The molecule has 0 aliphatic heterocycles. The number of halogens is 2. The maximum absolute atomic E-state index is 11.9. The summed E-state index contributed by atoms with van der Waals surface area (Å²) in [6, 6.07) is 12.5. The molecule has 0 fully saturated rings. The van der Waals surface area contributed by atoms with Crippen molar-refractivity contribution in [1.29, 1.82) is 0 Å². The predicted octanol–water partition coefficient (Wildman–Crippen LogP) is 4.60.